The lowest BCUT2D eigenvalue weighted by molar-refractivity contribution is 0.272. The predicted octanol–water partition coefficient (Wildman–Crippen LogP) is 1.31. The Balaban J connectivity index is 1.90. The van der Waals surface area contributed by atoms with E-state index >= 15 is 0 Å². The molecule has 0 amide bonds. The molecule has 1 saturated heterocycles. The predicted molar refractivity (Wildman–Crippen MR) is 59.2 cm³/mol. The van der Waals surface area contributed by atoms with Gasteiger partial charge in [0.05, 0.1) is 11.2 Å². The number of likely N-dealkylation sites (tertiary alicyclic amines) is 1. The number of hydrogen-bond acceptors (Lipinski definition) is 4. The Bertz CT molecular complexity index is 286. The Morgan fingerprint density at radius 2 is 2.57 bits per heavy atom. The Kier molecular flexibility index (Phi) is 2.85. The van der Waals surface area contributed by atoms with Crippen LogP contribution in [0.1, 0.15) is 19.0 Å². The average molecular weight is 211 g/mol. The summed E-state index contributed by atoms with van der Waals surface area (Å²) >= 11 is 1.67. The number of thiazole rings is 1. The zero-order valence-electron chi connectivity index (χ0n) is 8.57. The van der Waals surface area contributed by atoms with Crippen LogP contribution in [-0.2, 0) is 6.54 Å². The van der Waals surface area contributed by atoms with E-state index in [0.717, 1.165) is 26.2 Å². The van der Waals surface area contributed by atoms with Gasteiger partial charge in [0.25, 0.3) is 0 Å². The second-order valence-electron chi connectivity index (χ2n) is 4.46. The Morgan fingerprint density at radius 3 is 3.14 bits per heavy atom. The number of nitrogens with zero attached hydrogens (tertiary/aromatic N) is 2. The van der Waals surface area contributed by atoms with Crippen LogP contribution in [0.15, 0.2) is 10.9 Å². The van der Waals surface area contributed by atoms with Crippen molar-refractivity contribution < 1.29 is 0 Å². The Labute approximate surface area is 88.9 Å². The first-order valence-corrected chi connectivity index (χ1v) is 5.96. The lowest BCUT2D eigenvalue weighted by atomic mass is 9.90. The second-order valence-corrected chi connectivity index (χ2v) is 5.17. The van der Waals surface area contributed by atoms with Gasteiger partial charge in [-0.3, -0.25) is 4.90 Å². The van der Waals surface area contributed by atoms with E-state index in [1.807, 2.05) is 5.51 Å². The molecule has 0 aromatic carbocycles. The summed E-state index contributed by atoms with van der Waals surface area (Å²) in [5, 5.41) is 2.12. The molecule has 1 atom stereocenters. The molecule has 1 aliphatic rings. The number of aromatic nitrogens is 1. The molecule has 2 N–H and O–H groups in total. The molecule has 1 unspecified atom stereocenters. The van der Waals surface area contributed by atoms with E-state index in [4.69, 9.17) is 5.73 Å². The third kappa shape index (κ3) is 2.13. The molecule has 2 heterocycles. The van der Waals surface area contributed by atoms with Crippen LogP contribution < -0.4 is 5.73 Å². The molecule has 3 nitrogen and oxygen atoms in total. The molecule has 1 fully saturated rings. The van der Waals surface area contributed by atoms with Crippen LogP contribution >= 0.6 is 11.3 Å². The maximum absolute atomic E-state index is 5.76. The molecule has 14 heavy (non-hydrogen) atoms. The Hall–Kier alpha value is -0.450. The van der Waals surface area contributed by atoms with Gasteiger partial charge in [-0.25, -0.2) is 4.98 Å². The van der Waals surface area contributed by atoms with E-state index in [1.165, 1.54) is 12.1 Å². The maximum Gasteiger partial charge on any atom is 0.0795 e. The number of rotatable bonds is 3. The molecule has 0 bridgehead atoms. The lowest BCUT2D eigenvalue weighted by Crippen LogP contribution is -2.31. The van der Waals surface area contributed by atoms with Gasteiger partial charge in [0.2, 0.25) is 0 Å². The zero-order valence-corrected chi connectivity index (χ0v) is 9.39. The minimum atomic E-state index is 0.329. The summed E-state index contributed by atoms with van der Waals surface area (Å²) in [6.07, 6.45) is 1.22. The highest BCUT2D eigenvalue weighted by Gasteiger charge is 2.32. The van der Waals surface area contributed by atoms with Gasteiger partial charge >= 0.3 is 0 Å². The lowest BCUT2D eigenvalue weighted by Gasteiger charge is -2.22. The van der Waals surface area contributed by atoms with Crippen LogP contribution in [0.4, 0.5) is 0 Å². The van der Waals surface area contributed by atoms with Crippen molar-refractivity contribution in [2.75, 3.05) is 19.6 Å². The average Bonchev–Trinajstić information content (AvgIpc) is 2.78. The fourth-order valence-corrected chi connectivity index (χ4v) is 2.52. The summed E-state index contributed by atoms with van der Waals surface area (Å²) in [5.41, 5.74) is 9.18. The van der Waals surface area contributed by atoms with Crippen molar-refractivity contribution in [2.24, 2.45) is 11.1 Å². The van der Waals surface area contributed by atoms with Gasteiger partial charge in [-0.2, -0.15) is 0 Å². The standard InChI is InChI=1S/C10H17N3S/c1-10(6-11)2-3-13(7-10)4-9-5-14-8-12-9/h5,8H,2-4,6-7,11H2,1H3. The van der Waals surface area contributed by atoms with E-state index in [2.05, 4.69) is 22.2 Å². The van der Waals surface area contributed by atoms with Crippen molar-refractivity contribution in [2.45, 2.75) is 19.9 Å². The van der Waals surface area contributed by atoms with Gasteiger partial charge < -0.3 is 5.73 Å². The molecule has 1 aromatic rings. The zero-order chi connectivity index (χ0) is 10.0. The van der Waals surface area contributed by atoms with Gasteiger partial charge in [0.1, 0.15) is 0 Å². The first-order chi connectivity index (χ1) is 6.72. The summed E-state index contributed by atoms with van der Waals surface area (Å²) < 4.78 is 0. The van der Waals surface area contributed by atoms with Crippen molar-refractivity contribution >= 4 is 11.3 Å². The third-order valence-electron chi connectivity index (χ3n) is 3.00. The van der Waals surface area contributed by atoms with Crippen LogP contribution in [0.3, 0.4) is 0 Å². The smallest absolute Gasteiger partial charge is 0.0795 e. The second kappa shape index (κ2) is 3.96. The van der Waals surface area contributed by atoms with Gasteiger partial charge in [0.15, 0.2) is 0 Å². The molecule has 78 valence electrons. The van der Waals surface area contributed by atoms with Crippen molar-refractivity contribution in [1.82, 2.24) is 9.88 Å². The largest absolute Gasteiger partial charge is 0.330 e. The molecule has 2 rings (SSSR count). The molecular weight excluding hydrogens is 194 g/mol. The SMILES string of the molecule is CC1(CN)CCN(Cc2cscn2)C1. The molecule has 0 saturated carbocycles. The number of nitrogens with two attached hydrogens (primary N) is 1. The van der Waals surface area contributed by atoms with Crippen LogP contribution in [0.2, 0.25) is 0 Å². The molecule has 1 aliphatic heterocycles. The van der Waals surface area contributed by atoms with Crippen molar-refractivity contribution in [3.8, 4) is 0 Å². The van der Waals surface area contributed by atoms with E-state index in [-0.39, 0.29) is 0 Å². The van der Waals surface area contributed by atoms with E-state index in [0.29, 0.717) is 5.41 Å². The summed E-state index contributed by atoms with van der Waals surface area (Å²) in [4.78, 5) is 6.75. The highest BCUT2D eigenvalue weighted by Crippen LogP contribution is 2.29. The topological polar surface area (TPSA) is 42.1 Å². The monoisotopic (exact) mass is 211 g/mol. The quantitative estimate of drug-likeness (QED) is 0.820. The molecular formula is C10H17N3S. The van der Waals surface area contributed by atoms with Gasteiger partial charge in [0, 0.05) is 18.5 Å². The maximum atomic E-state index is 5.76. The fourth-order valence-electron chi connectivity index (χ4n) is 1.97. The van der Waals surface area contributed by atoms with Crippen LogP contribution in [0, 0.1) is 5.41 Å². The fraction of sp³-hybridized carbons (Fsp3) is 0.700. The molecule has 0 radical (unpaired) electrons. The van der Waals surface area contributed by atoms with Crippen LogP contribution in [0.25, 0.3) is 0 Å². The van der Waals surface area contributed by atoms with E-state index in [9.17, 15) is 0 Å². The summed E-state index contributed by atoms with van der Waals surface area (Å²) in [7, 11) is 0. The van der Waals surface area contributed by atoms with E-state index < -0.39 is 0 Å². The Morgan fingerprint density at radius 1 is 1.71 bits per heavy atom. The van der Waals surface area contributed by atoms with Crippen molar-refractivity contribution in [3.05, 3.63) is 16.6 Å². The van der Waals surface area contributed by atoms with Gasteiger partial charge in [-0.15, -0.1) is 11.3 Å². The summed E-state index contributed by atoms with van der Waals surface area (Å²) in [6, 6.07) is 0. The third-order valence-corrected chi connectivity index (χ3v) is 3.63. The van der Waals surface area contributed by atoms with Crippen LogP contribution in [0.5, 0.6) is 0 Å². The molecule has 0 spiro atoms. The van der Waals surface area contributed by atoms with Crippen molar-refractivity contribution in [1.29, 1.82) is 0 Å². The molecule has 1 aromatic heterocycles. The highest BCUT2D eigenvalue weighted by atomic mass is 32.1. The van der Waals surface area contributed by atoms with Gasteiger partial charge in [-0.1, -0.05) is 6.92 Å². The summed E-state index contributed by atoms with van der Waals surface area (Å²) in [5.74, 6) is 0. The first-order valence-electron chi connectivity index (χ1n) is 5.01. The minimum absolute atomic E-state index is 0.329. The number of hydrogen-bond donors (Lipinski definition) is 1. The first kappa shape index (κ1) is 10.1. The van der Waals surface area contributed by atoms with E-state index in [1.54, 1.807) is 11.3 Å². The van der Waals surface area contributed by atoms with Gasteiger partial charge in [-0.05, 0) is 24.9 Å². The summed E-state index contributed by atoms with van der Waals surface area (Å²) in [6.45, 7) is 6.32. The normalized spacial score (nSPS) is 28.4. The van der Waals surface area contributed by atoms with Crippen LogP contribution in [-0.4, -0.2) is 29.5 Å². The highest BCUT2D eigenvalue weighted by molar-refractivity contribution is 7.07. The molecule has 0 aliphatic carbocycles. The minimum Gasteiger partial charge on any atom is -0.330 e. The van der Waals surface area contributed by atoms with Crippen molar-refractivity contribution in [3.63, 3.8) is 0 Å². The molecule has 4 heteroatoms.